The molecular weight excluding hydrogens is 502 g/mol. The van der Waals surface area contributed by atoms with E-state index in [4.69, 9.17) is 4.74 Å². The highest BCUT2D eigenvalue weighted by Gasteiger charge is 2.34. The average molecular weight is 522 g/mol. The number of alkyl halides is 6. The van der Waals surface area contributed by atoms with Gasteiger partial charge in [-0.3, -0.25) is 14.9 Å². The lowest BCUT2D eigenvalue weighted by atomic mass is 9.98. The smallest absolute Gasteiger partial charge is 0.416 e. The average Bonchev–Trinajstić information content (AvgIpc) is 2.78. The van der Waals surface area contributed by atoms with E-state index < -0.39 is 45.8 Å². The standard InChI is InChI=1S/C22H20F6N2O4S/c23-21(24,25)13-6-8-18(34-15-4-2-1-3-5-15)16(10-13)29-20(31)12-35-19-9-7-14(22(26,27)28)11-17(19)30(32)33/h6-11,15H,1-5,12H2,(H,29,31). The summed E-state index contributed by atoms with van der Waals surface area (Å²) in [4.78, 5) is 22.5. The second-order valence-electron chi connectivity index (χ2n) is 7.86. The molecule has 1 aliphatic carbocycles. The van der Waals surface area contributed by atoms with Gasteiger partial charge in [0.15, 0.2) is 0 Å². The Bertz CT molecular complexity index is 1080. The van der Waals surface area contributed by atoms with Gasteiger partial charge in [0, 0.05) is 6.07 Å². The van der Waals surface area contributed by atoms with Crippen LogP contribution in [0.4, 0.5) is 37.7 Å². The van der Waals surface area contributed by atoms with Gasteiger partial charge in [0.25, 0.3) is 5.69 Å². The molecule has 1 fully saturated rings. The summed E-state index contributed by atoms with van der Waals surface area (Å²) < 4.78 is 84.0. The number of hydrogen-bond acceptors (Lipinski definition) is 5. The van der Waals surface area contributed by atoms with Crippen molar-refractivity contribution in [3.8, 4) is 5.75 Å². The van der Waals surface area contributed by atoms with Crippen LogP contribution in [0.5, 0.6) is 5.75 Å². The van der Waals surface area contributed by atoms with Gasteiger partial charge in [-0.2, -0.15) is 26.3 Å². The Kier molecular flexibility index (Phi) is 8.18. The summed E-state index contributed by atoms with van der Waals surface area (Å²) in [5.74, 6) is -1.24. The number of carbonyl (C=O) groups excluding carboxylic acids is 1. The number of halogens is 6. The van der Waals surface area contributed by atoms with Crippen molar-refractivity contribution in [2.24, 2.45) is 0 Å². The van der Waals surface area contributed by atoms with Crippen LogP contribution >= 0.6 is 11.8 Å². The fourth-order valence-electron chi connectivity index (χ4n) is 3.56. The number of amides is 1. The van der Waals surface area contributed by atoms with Crippen LogP contribution in [0.25, 0.3) is 0 Å². The molecular formula is C22H20F6N2O4S. The van der Waals surface area contributed by atoms with Crippen LogP contribution in [0.1, 0.15) is 43.2 Å². The predicted octanol–water partition coefficient (Wildman–Crippen LogP) is 7.07. The molecule has 0 aromatic heterocycles. The van der Waals surface area contributed by atoms with Gasteiger partial charge in [0.05, 0.1) is 38.5 Å². The molecule has 0 atom stereocenters. The molecule has 190 valence electrons. The van der Waals surface area contributed by atoms with Gasteiger partial charge in [0.1, 0.15) is 5.75 Å². The van der Waals surface area contributed by atoms with E-state index in [-0.39, 0.29) is 22.4 Å². The lowest BCUT2D eigenvalue weighted by Crippen LogP contribution is -2.22. The summed E-state index contributed by atoms with van der Waals surface area (Å²) in [5, 5.41) is 13.5. The Balaban J connectivity index is 1.77. The van der Waals surface area contributed by atoms with Gasteiger partial charge in [-0.1, -0.05) is 6.42 Å². The first-order valence-corrected chi connectivity index (χ1v) is 11.5. The fourth-order valence-corrected chi connectivity index (χ4v) is 4.36. The van der Waals surface area contributed by atoms with E-state index in [0.717, 1.165) is 56.4 Å². The number of nitrogens with zero attached hydrogens (tertiary/aromatic N) is 1. The number of rotatable bonds is 7. The Morgan fingerprint density at radius 1 is 1.00 bits per heavy atom. The summed E-state index contributed by atoms with van der Waals surface area (Å²) in [5.41, 5.74) is -3.27. The maximum Gasteiger partial charge on any atom is 0.416 e. The molecule has 0 bridgehead atoms. The van der Waals surface area contributed by atoms with Crippen LogP contribution in [0.3, 0.4) is 0 Å². The minimum atomic E-state index is -4.79. The quantitative estimate of drug-likeness (QED) is 0.182. The molecule has 0 spiro atoms. The van der Waals surface area contributed by atoms with E-state index in [2.05, 4.69) is 5.32 Å². The van der Waals surface area contributed by atoms with Crippen molar-refractivity contribution in [3.63, 3.8) is 0 Å². The minimum absolute atomic E-state index is 0.0590. The van der Waals surface area contributed by atoms with Crippen molar-refractivity contribution in [2.45, 2.75) is 55.5 Å². The van der Waals surface area contributed by atoms with E-state index in [9.17, 15) is 41.3 Å². The Morgan fingerprint density at radius 3 is 2.20 bits per heavy atom. The molecule has 3 rings (SSSR count). The molecule has 0 unspecified atom stereocenters. The molecule has 1 N–H and O–H groups in total. The highest BCUT2D eigenvalue weighted by atomic mass is 32.2. The molecule has 6 nitrogen and oxygen atoms in total. The SMILES string of the molecule is O=C(CSc1ccc(C(F)(F)F)cc1[N+](=O)[O-])Nc1cc(C(F)(F)F)ccc1OC1CCCCC1. The van der Waals surface area contributed by atoms with Crippen molar-refractivity contribution in [2.75, 3.05) is 11.1 Å². The van der Waals surface area contributed by atoms with Gasteiger partial charge in [-0.05, 0) is 56.0 Å². The topological polar surface area (TPSA) is 81.5 Å². The second kappa shape index (κ2) is 10.8. The van der Waals surface area contributed by atoms with Crippen molar-refractivity contribution in [1.29, 1.82) is 0 Å². The lowest BCUT2D eigenvalue weighted by Gasteiger charge is -2.25. The predicted molar refractivity (Wildman–Crippen MR) is 116 cm³/mol. The van der Waals surface area contributed by atoms with Crippen LogP contribution in [-0.4, -0.2) is 22.7 Å². The third-order valence-electron chi connectivity index (χ3n) is 5.27. The van der Waals surface area contributed by atoms with E-state index in [1.165, 1.54) is 0 Å². The van der Waals surface area contributed by atoms with Crippen molar-refractivity contribution < 1.29 is 40.8 Å². The number of hydrogen-bond donors (Lipinski definition) is 1. The van der Waals surface area contributed by atoms with Crippen molar-refractivity contribution in [1.82, 2.24) is 0 Å². The molecule has 13 heteroatoms. The third kappa shape index (κ3) is 7.26. The molecule has 2 aromatic rings. The minimum Gasteiger partial charge on any atom is -0.488 e. The first-order valence-electron chi connectivity index (χ1n) is 10.5. The van der Waals surface area contributed by atoms with Gasteiger partial charge >= 0.3 is 12.4 Å². The molecule has 0 radical (unpaired) electrons. The summed E-state index contributed by atoms with van der Waals surface area (Å²) in [7, 11) is 0. The second-order valence-corrected chi connectivity index (χ2v) is 8.88. The number of anilines is 1. The van der Waals surface area contributed by atoms with Gasteiger partial charge in [0.2, 0.25) is 5.91 Å². The van der Waals surface area contributed by atoms with E-state index in [1.807, 2.05) is 0 Å². The Labute approximate surface area is 200 Å². The molecule has 0 aliphatic heterocycles. The first-order chi connectivity index (χ1) is 16.3. The van der Waals surface area contributed by atoms with Gasteiger partial charge < -0.3 is 10.1 Å². The molecule has 35 heavy (non-hydrogen) atoms. The molecule has 0 heterocycles. The zero-order chi connectivity index (χ0) is 25.8. The summed E-state index contributed by atoms with van der Waals surface area (Å²) in [6.45, 7) is 0. The largest absolute Gasteiger partial charge is 0.488 e. The highest BCUT2D eigenvalue weighted by Crippen LogP contribution is 2.38. The normalized spacial score (nSPS) is 15.0. The number of carbonyl (C=O) groups is 1. The number of ether oxygens (including phenoxy) is 1. The maximum atomic E-state index is 13.2. The monoisotopic (exact) mass is 522 g/mol. The molecule has 0 saturated heterocycles. The van der Waals surface area contributed by atoms with Crippen LogP contribution < -0.4 is 10.1 Å². The van der Waals surface area contributed by atoms with Gasteiger partial charge in [-0.25, -0.2) is 0 Å². The van der Waals surface area contributed by atoms with Crippen molar-refractivity contribution >= 4 is 29.0 Å². The Hall–Kier alpha value is -2.96. The van der Waals surface area contributed by atoms with Crippen LogP contribution in [-0.2, 0) is 17.1 Å². The maximum absolute atomic E-state index is 13.2. The zero-order valence-corrected chi connectivity index (χ0v) is 18.9. The van der Waals surface area contributed by atoms with Crippen LogP contribution in [0.15, 0.2) is 41.3 Å². The number of nitrogens with one attached hydrogen (secondary N) is 1. The van der Waals surface area contributed by atoms with E-state index in [0.29, 0.717) is 23.9 Å². The molecule has 1 aliphatic rings. The lowest BCUT2D eigenvalue weighted by molar-refractivity contribution is -0.388. The molecule has 2 aromatic carbocycles. The zero-order valence-electron chi connectivity index (χ0n) is 18.0. The van der Waals surface area contributed by atoms with Crippen molar-refractivity contribution in [3.05, 3.63) is 57.6 Å². The molecule has 1 saturated carbocycles. The number of thioether (sulfide) groups is 1. The van der Waals surface area contributed by atoms with Crippen LogP contribution in [0.2, 0.25) is 0 Å². The number of nitro groups is 1. The summed E-state index contributed by atoms with van der Waals surface area (Å²) in [6.07, 6.45) is -5.36. The van der Waals surface area contributed by atoms with Crippen LogP contribution in [0, 0.1) is 10.1 Å². The fraction of sp³-hybridized carbons (Fsp3) is 0.409. The highest BCUT2D eigenvalue weighted by molar-refractivity contribution is 8.00. The summed E-state index contributed by atoms with van der Waals surface area (Å²) >= 11 is 0.589. The summed E-state index contributed by atoms with van der Waals surface area (Å²) in [6, 6.07) is 4.59. The van der Waals surface area contributed by atoms with E-state index >= 15 is 0 Å². The Morgan fingerprint density at radius 2 is 1.60 bits per heavy atom. The third-order valence-corrected chi connectivity index (χ3v) is 6.33. The number of benzene rings is 2. The number of nitro benzene ring substituents is 1. The van der Waals surface area contributed by atoms with Gasteiger partial charge in [-0.15, -0.1) is 11.8 Å². The molecule has 1 amide bonds. The first kappa shape index (κ1) is 26.6. The van der Waals surface area contributed by atoms with E-state index in [1.54, 1.807) is 0 Å².